The summed E-state index contributed by atoms with van der Waals surface area (Å²) >= 11 is 0. The Kier molecular flexibility index (Phi) is 5.88. The van der Waals surface area contributed by atoms with Crippen molar-refractivity contribution in [1.29, 1.82) is 0 Å². The molecule has 182 valence electrons. The number of benzene rings is 3. The molecule has 2 heterocycles. The van der Waals surface area contributed by atoms with Gasteiger partial charge < -0.3 is 14.4 Å². The van der Waals surface area contributed by atoms with Crippen molar-refractivity contribution in [3.63, 3.8) is 0 Å². The van der Waals surface area contributed by atoms with Crippen molar-refractivity contribution in [2.45, 2.75) is 26.3 Å². The van der Waals surface area contributed by atoms with E-state index in [0.717, 1.165) is 34.0 Å². The lowest BCUT2D eigenvalue weighted by Crippen LogP contribution is -2.29. The van der Waals surface area contributed by atoms with Gasteiger partial charge in [0.25, 0.3) is 11.7 Å². The summed E-state index contributed by atoms with van der Waals surface area (Å²) in [5, 5.41) is 12.5. The zero-order chi connectivity index (χ0) is 25.6. The first-order chi connectivity index (χ1) is 17.3. The maximum Gasteiger partial charge on any atom is 0.300 e. The third-order valence-corrected chi connectivity index (χ3v) is 6.90. The van der Waals surface area contributed by atoms with E-state index in [2.05, 4.69) is 6.92 Å². The van der Waals surface area contributed by atoms with E-state index in [0.29, 0.717) is 17.0 Å². The second-order valence-electron chi connectivity index (χ2n) is 9.11. The van der Waals surface area contributed by atoms with Gasteiger partial charge in [0.05, 0.1) is 24.3 Å². The Balaban J connectivity index is 1.81. The van der Waals surface area contributed by atoms with Gasteiger partial charge in [-0.3, -0.25) is 14.5 Å². The molecule has 1 saturated heterocycles. The Hall–Kier alpha value is -4.32. The number of para-hydroxylation sites is 1. The third kappa shape index (κ3) is 3.66. The van der Waals surface area contributed by atoms with Crippen LogP contribution in [0.2, 0.25) is 0 Å². The Labute approximate surface area is 210 Å². The Morgan fingerprint density at radius 2 is 1.75 bits per heavy atom. The first-order valence-corrected chi connectivity index (χ1v) is 11.9. The molecule has 3 aromatic carbocycles. The zero-order valence-electron chi connectivity index (χ0n) is 20.8. The number of hydrogen-bond donors (Lipinski definition) is 1. The monoisotopic (exact) mass is 480 g/mol. The average molecular weight is 481 g/mol. The van der Waals surface area contributed by atoms with Gasteiger partial charge in [0, 0.05) is 35.4 Å². The number of hydrogen-bond acceptors (Lipinski definition) is 4. The lowest BCUT2D eigenvalue weighted by molar-refractivity contribution is -0.132. The number of anilines is 1. The second kappa shape index (κ2) is 9.04. The molecular formula is C30H28N2O4. The lowest BCUT2D eigenvalue weighted by Gasteiger charge is -2.25. The highest BCUT2D eigenvalue weighted by atomic mass is 16.5. The Morgan fingerprint density at radius 1 is 1.03 bits per heavy atom. The van der Waals surface area contributed by atoms with Gasteiger partial charge in [-0.25, -0.2) is 0 Å². The molecule has 6 heteroatoms. The number of carbonyl (C=O) groups is 2. The van der Waals surface area contributed by atoms with E-state index in [9.17, 15) is 14.7 Å². The molecule has 1 aliphatic heterocycles. The SMILES string of the molecule is CCc1ccc(N2C(=O)C(=O)/C(=C(/O)c3cc(C)ccc3OC)C2c2cn(C)c3ccccc23)cc1. The van der Waals surface area contributed by atoms with Gasteiger partial charge >= 0.3 is 0 Å². The molecule has 1 atom stereocenters. The molecule has 5 rings (SSSR count). The molecule has 0 spiro atoms. The number of ether oxygens (including phenoxy) is 1. The average Bonchev–Trinajstić information content (AvgIpc) is 3.37. The molecule has 0 bridgehead atoms. The number of ketones is 1. The molecule has 1 aromatic heterocycles. The van der Waals surface area contributed by atoms with Crippen LogP contribution in [0.5, 0.6) is 5.75 Å². The summed E-state index contributed by atoms with van der Waals surface area (Å²) in [5.74, 6) is -1.23. The highest BCUT2D eigenvalue weighted by molar-refractivity contribution is 6.52. The van der Waals surface area contributed by atoms with Gasteiger partial charge in [-0.1, -0.05) is 48.9 Å². The van der Waals surface area contributed by atoms with Crippen molar-refractivity contribution in [3.05, 3.63) is 101 Å². The van der Waals surface area contributed by atoms with Crippen LogP contribution in [0.1, 0.15) is 35.2 Å². The maximum absolute atomic E-state index is 13.6. The summed E-state index contributed by atoms with van der Waals surface area (Å²) in [5.41, 5.74) is 4.77. The van der Waals surface area contributed by atoms with Gasteiger partial charge in [0.2, 0.25) is 0 Å². The molecule has 6 nitrogen and oxygen atoms in total. The minimum Gasteiger partial charge on any atom is -0.507 e. The number of rotatable bonds is 5. The first-order valence-electron chi connectivity index (χ1n) is 11.9. The van der Waals surface area contributed by atoms with Crippen molar-refractivity contribution in [2.75, 3.05) is 12.0 Å². The van der Waals surface area contributed by atoms with Gasteiger partial charge in [0.1, 0.15) is 11.5 Å². The van der Waals surface area contributed by atoms with Crippen LogP contribution in [0.3, 0.4) is 0 Å². The van der Waals surface area contributed by atoms with E-state index in [1.54, 1.807) is 12.1 Å². The summed E-state index contributed by atoms with van der Waals surface area (Å²) < 4.78 is 7.46. The molecule has 1 amide bonds. The fraction of sp³-hybridized carbons (Fsp3) is 0.200. The van der Waals surface area contributed by atoms with Crippen molar-refractivity contribution in [1.82, 2.24) is 4.57 Å². The molecule has 1 unspecified atom stereocenters. The molecule has 1 fully saturated rings. The molecular weight excluding hydrogens is 452 g/mol. The fourth-order valence-corrected chi connectivity index (χ4v) is 5.03. The summed E-state index contributed by atoms with van der Waals surface area (Å²) in [6.07, 6.45) is 2.79. The number of amides is 1. The zero-order valence-corrected chi connectivity index (χ0v) is 20.8. The highest BCUT2D eigenvalue weighted by Gasteiger charge is 2.48. The van der Waals surface area contributed by atoms with Crippen LogP contribution in [-0.2, 0) is 23.1 Å². The minimum absolute atomic E-state index is 0.0415. The summed E-state index contributed by atoms with van der Waals surface area (Å²) in [6.45, 7) is 3.96. The molecule has 0 saturated carbocycles. The molecule has 4 aromatic rings. The van der Waals surface area contributed by atoms with E-state index >= 15 is 0 Å². The van der Waals surface area contributed by atoms with Crippen LogP contribution in [0.15, 0.2) is 78.5 Å². The van der Waals surface area contributed by atoms with Crippen LogP contribution < -0.4 is 9.64 Å². The summed E-state index contributed by atoms with van der Waals surface area (Å²) in [7, 11) is 3.44. The smallest absolute Gasteiger partial charge is 0.300 e. The van der Waals surface area contributed by atoms with Crippen molar-refractivity contribution in [2.24, 2.45) is 7.05 Å². The predicted octanol–water partition coefficient (Wildman–Crippen LogP) is 5.68. The molecule has 0 aliphatic carbocycles. The Bertz CT molecular complexity index is 1530. The fourth-order valence-electron chi connectivity index (χ4n) is 5.03. The molecule has 1 aliphatic rings. The number of methoxy groups -OCH3 is 1. The van der Waals surface area contributed by atoms with E-state index in [1.807, 2.05) is 79.3 Å². The van der Waals surface area contributed by atoms with Gasteiger partial charge in [0.15, 0.2) is 0 Å². The molecule has 1 N–H and O–H groups in total. The van der Waals surface area contributed by atoms with Gasteiger partial charge in [-0.05, 0) is 49.2 Å². The highest BCUT2D eigenvalue weighted by Crippen LogP contribution is 2.45. The number of nitrogens with zero attached hydrogens (tertiary/aromatic N) is 2. The van der Waals surface area contributed by atoms with Crippen LogP contribution >= 0.6 is 0 Å². The van der Waals surface area contributed by atoms with E-state index in [-0.39, 0.29) is 11.3 Å². The second-order valence-corrected chi connectivity index (χ2v) is 9.11. The quantitative estimate of drug-likeness (QED) is 0.227. The number of carbonyl (C=O) groups excluding carboxylic acids is 2. The predicted molar refractivity (Wildman–Crippen MR) is 141 cm³/mol. The van der Waals surface area contributed by atoms with Crippen LogP contribution in [0.25, 0.3) is 16.7 Å². The third-order valence-electron chi connectivity index (χ3n) is 6.90. The van der Waals surface area contributed by atoms with E-state index < -0.39 is 17.7 Å². The number of aryl methyl sites for hydroxylation is 3. The summed E-state index contributed by atoms with van der Waals surface area (Å²) in [6, 6.07) is 20.0. The number of aliphatic hydroxyl groups excluding tert-OH is 1. The standard InChI is InChI=1S/C30H28N2O4/c1-5-19-11-13-20(14-12-19)32-27(23-17-31(3)24-9-7-6-8-21(23)24)26(29(34)30(32)35)28(33)22-16-18(2)10-15-25(22)36-4/h6-17,27,33H,5H2,1-4H3/b28-26+. The van der Waals surface area contributed by atoms with E-state index in [4.69, 9.17) is 4.74 Å². The number of Topliss-reactive ketones (excluding diaryl/α,β-unsaturated/α-hetero) is 1. The maximum atomic E-state index is 13.6. The molecule has 0 radical (unpaired) electrons. The lowest BCUT2D eigenvalue weighted by atomic mass is 9.94. The number of aromatic nitrogens is 1. The van der Waals surface area contributed by atoms with Crippen LogP contribution in [-0.4, -0.2) is 28.5 Å². The Morgan fingerprint density at radius 3 is 2.44 bits per heavy atom. The van der Waals surface area contributed by atoms with Crippen LogP contribution in [0.4, 0.5) is 5.69 Å². The van der Waals surface area contributed by atoms with Crippen LogP contribution in [0, 0.1) is 6.92 Å². The minimum atomic E-state index is -0.811. The molecule has 36 heavy (non-hydrogen) atoms. The first kappa shape index (κ1) is 23.4. The van der Waals surface area contributed by atoms with Gasteiger partial charge in [-0.2, -0.15) is 0 Å². The normalized spacial score (nSPS) is 17.2. The summed E-state index contributed by atoms with van der Waals surface area (Å²) in [4.78, 5) is 28.6. The number of aliphatic hydroxyl groups is 1. The van der Waals surface area contributed by atoms with Crippen molar-refractivity contribution < 1.29 is 19.4 Å². The van der Waals surface area contributed by atoms with Crippen molar-refractivity contribution >= 4 is 34.0 Å². The number of fused-ring (bicyclic) bond motifs is 1. The largest absolute Gasteiger partial charge is 0.507 e. The topological polar surface area (TPSA) is 71.8 Å². The van der Waals surface area contributed by atoms with E-state index in [1.165, 1.54) is 12.0 Å². The van der Waals surface area contributed by atoms with Gasteiger partial charge in [-0.15, -0.1) is 0 Å². The van der Waals surface area contributed by atoms with Crippen molar-refractivity contribution in [3.8, 4) is 5.75 Å².